The molecule has 0 unspecified atom stereocenters. The van der Waals surface area contributed by atoms with Crippen LogP contribution in [0, 0.1) is 0 Å². The van der Waals surface area contributed by atoms with Crippen LogP contribution in [0.4, 0.5) is 13.2 Å². The summed E-state index contributed by atoms with van der Waals surface area (Å²) in [6, 6.07) is 12.9. The van der Waals surface area contributed by atoms with E-state index in [1.807, 2.05) is 24.3 Å². The largest absolute Gasteiger partial charge is 0.416 e. The number of hydrogen-bond donors (Lipinski definition) is 0. The van der Waals surface area contributed by atoms with Gasteiger partial charge in [0, 0.05) is 37.7 Å². The summed E-state index contributed by atoms with van der Waals surface area (Å²) in [5, 5.41) is 0. The second-order valence-electron chi connectivity index (χ2n) is 8.71. The summed E-state index contributed by atoms with van der Waals surface area (Å²) in [5.74, 6) is -0.356. The summed E-state index contributed by atoms with van der Waals surface area (Å²) >= 11 is 0. The number of likely N-dealkylation sites (tertiary alicyclic amines) is 1. The van der Waals surface area contributed by atoms with Gasteiger partial charge in [0.1, 0.15) is 0 Å². The van der Waals surface area contributed by atoms with Gasteiger partial charge in [0.25, 0.3) is 0 Å². The molecule has 9 heteroatoms. The number of alkyl halides is 3. The molecule has 1 fully saturated rings. The Morgan fingerprint density at radius 2 is 1.67 bits per heavy atom. The maximum absolute atomic E-state index is 13.2. The highest BCUT2D eigenvalue weighted by Gasteiger charge is 2.44. The number of carbonyl (C=O) groups excluding carboxylic acids is 1. The van der Waals surface area contributed by atoms with Crippen LogP contribution in [0.2, 0.25) is 0 Å². The zero-order valence-corrected chi connectivity index (χ0v) is 19.0. The quantitative estimate of drug-likeness (QED) is 0.626. The first-order chi connectivity index (χ1) is 15.5. The number of nitrogens with zero attached hydrogens (tertiary/aromatic N) is 2. The molecule has 1 spiro atoms. The Kier molecular flexibility index (Phi) is 6.13. The van der Waals surface area contributed by atoms with E-state index in [0.29, 0.717) is 39.0 Å². The topological polar surface area (TPSA) is 57.7 Å². The highest BCUT2D eigenvalue weighted by atomic mass is 32.2. The zero-order chi connectivity index (χ0) is 23.9. The lowest BCUT2D eigenvalue weighted by Crippen LogP contribution is -2.53. The smallest absolute Gasteiger partial charge is 0.339 e. The number of amides is 1. The minimum absolute atomic E-state index is 0.0585. The second-order valence-corrected chi connectivity index (χ2v) is 10.7. The Labute approximate surface area is 191 Å². The lowest BCUT2D eigenvalue weighted by molar-refractivity contribution is -0.137. The first-order valence-corrected chi connectivity index (χ1v) is 12.5. The van der Waals surface area contributed by atoms with E-state index in [4.69, 9.17) is 0 Å². The Morgan fingerprint density at radius 1 is 1.03 bits per heavy atom. The monoisotopic (exact) mass is 478 g/mol. The number of hydrogen-bond acceptors (Lipinski definition) is 3. The molecule has 4 rings (SSSR count). The second kappa shape index (κ2) is 8.61. The first kappa shape index (κ1) is 23.5. The van der Waals surface area contributed by atoms with Gasteiger partial charge in [-0.2, -0.15) is 17.5 Å². The maximum Gasteiger partial charge on any atom is 0.416 e. The van der Waals surface area contributed by atoms with Crippen molar-refractivity contribution in [3.8, 4) is 0 Å². The van der Waals surface area contributed by atoms with Crippen molar-refractivity contribution in [2.45, 2.75) is 31.0 Å². The zero-order valence-electron chi connectivity index (χ0n) is 18.2. The molecule has 2 aromatic rings. The molecule has 1 amide bonds. The fourth-order valence-electron chi connectivity index (χ4n) is 4.83. The predicted molar refractivity (Wildman–Crippen MR) is 120 cm³/mol. The molecule has 2 aromatic carbocycles. The number of fused-ring (bicyclic) bond motifs is 2. The molecule has 2 aliphatic heterocycles. The van der Waals surface area contributed by atoms with E-state index in [2.05, 4.69) is 0 Å². The summed E-state index contributed by atoms with van der Waals surface area (Å²) in [5.41, 5.74) is 0.855. The van der Waals surface area contributed by atoms with Gasteiger partial charge in [-0.05, 0) is 41.7 Å². The fourth-order valence-corrected chi connectivity index (χ4v) is 5.68. The molecule has 0 atom stereocenters. The molecule has 33 heavy (non-hydrogen) atoms. The van der Waals surface area contributed by atoms with Crippen LogP contribution in [0.15, 0.2) is 54.6 Å². The highest BCUT2D eigenvalue weighted by molar-refractivity contribution is 7.88. The lowest BCUT2D eigenvalue weighted by atomic mass is 9.69. The molecule has 0 radical (unpaired) electrons. The van der Waals surface area contributed by atoms with E-state index in [1.165, 1.54) is 40.9 Å². The fraction of sp³-hybridized carbons (Fsp3) is 0.375. The van der Waals surface area contributed by atoms with Crippen LogP contribution >= 0.6 is 0 Å². The van der Waals surface area contributed by atoms with Crippen molar-refractivity contribution >= 4 is 22.0 Å². The highest BCUT2D eigenvalue weighted by Crippen LogP contribution is 2.42. The van der Waals surface area contributed by atoms with Crippen molar-refractivity contribution in [3.63, 3.8) is 0 Å². The molecular weight excluding hydrogens is 453 g/mol. The van der Waals surface area contributed by atoms with Gasteiger partial charge in [0.2, 0.25) is 15.9 Å². The SMILES string of the molecule is CS(=O)(=O)N1Cc2ccccc2C2(CCN(C(=O)C=Cc3ccccc3C(F)(F)F)CC2)C1. The summed E-state index contributed by atoms with van der Waals surface area (Å²) < 4.78 is 65.6. The maximum atomic E-state index is 13.2. The van der Waals surface area contributed by atoms with Crippen LogP contribution in [0.5, 0.6) is 0 Å². The van der Waals surface area contributed by atoms with Crippen LogP contribution in [-0.2, 0) is 33.0 Å². The van der Waals surface area contributed by atoms with Crippen LogP contribution in [0.1, 0.15) is 35.1 Å². The average Bonchev–Trinajstić information content (AvgIpc) is 2.77. The van der Waals surface area contributed by atoms with Crippen LogP contribution in [-0.4, -0.2) is 49.4 Å². The number of sulfonamides is 1. The van der Waals surface area contributed by atoms with Crippen molar-refractivity contribution in [2.75, 3.05) is 25.9 Å². The third-order valence-corrected chi connectivity index (χ3v) is 7.78. The minimum Gasteiger partial charge on any atom is -0.339 e. The molecule has 0 N–H and O–H groups in total. The van der Waals surface area contributed by atoms with E-state index in [1.54, 1.807) is 4.90 Å². The van der Waals surface area contributed by atoms with Crippen molar-refractivity contribution in [2.24, 2.45) is 0 Å². The minimum atomic E-state index is -4.50. The molecule has 2 aliphatic rings. The van der Waals surface area contributed by atoms with E-state index >= 15 is 0 Å². The van der Waals surface area contributed by atoms with E-state index in [9.17, 15) is 26.4 Å². The van der Waals surface area contributed by atoms with E-state index < -0.39 is 21.8 Å². The Balaban J connectivity index is 1.51. The van der Waals surface area contributed by atoms with Gasteiger partial charge in [-0.3, -0.25) is 4.79 Å². The van der Waals surface area contributed by atoms with Gasteiger partial charge in [0.15, 0.2) is 0 Å². The summed E-state index contributed by atoms with van der Waals surface area (Å²) in [4.78, 5) is 14.3. The van der Waals surface area contributed by atoms with Crippen molar-refractivity contribution in [1.82, 2.24) is 9.21 Å². The van der Waals surface area contributed by atoms with E-state index in [-0.39, 0.29) is 16.9 Å². The van der Waals surface area contributed by atoms with Crippen molar-refractivity contribution < 1.29 is 26.4 Å². The third-order valence-electron chi connectivity index (χ3n) is 6.59. The normalized spacial score (nSPS) is 19.1. The van der Waals surface area contributed by atoms with E-state index in [0.717, 1.165) is 17.2 Å². The van der Waals surface area contributed by atoms with Crippen LogP contribution in [0.3, 0.4) is 0 Å². The van der Waals surface area contributed by atoms with Gasteiger partial charge in [-0.15, -0.1) is 0 Å². The molecule has 0 aromatic heterocycles. The number of carbonyl (C=O) groups is 1. The van der Waals surface area contributed by atoms with Gasteiger partial charge in [0.05, 0.1) is 11.8 Å². The molecule has 0 aliphatic carbocycles. The standard InChI is InChI=1S/C24H25F3N2O3S/c1-33(31,32)29-16-19-7-3-4-8-20(19)23(17-29)12-14-28(15-13-23)22(30)11-10-18-6-2-5-9-21(18)24(25,26)27/h2-11H,12-17H2,1H3. The van der Waals surface area contributed by atoms with Crippen LogP contribution in [0.25, 0.3) is 6.08 Å². The lowest BCUT2D eigenvalue weighted by Gasteiger charge is -2.48. The molecule has 0 bridgehead atoms. The molecule has 5 nitrogen and oxygen atoms in total. The number of piperidine rings is 1. The Morgan fingerprint density at radius 3 is 2.33 bits per heavy atom. The molecular formula is C24H25F3N2O3S. The molecule has 0 saturated carbocycles. The van der Waals surface area contributed by atoms with Gasteiger partial charge >= 0.3 is 6.18 Å². The van der Waals surface area contributed by atoms with Crippen molar-refractivity contribution in [3.05, 3.63) is 76.9 Å². The van der Waals surface area contributed by atoms with Gasteiger partial charge < -0.3 is 4.90 Å². The molecule has 2 heterocycles. The summed E-state index contributed by atoms with van der Waals surface area (Å²) in [6.07, 6.45) is 0.249. The number of benzene rings is 2. The molecule has 176 valence electrons. The van der Waals surface area contributed by atoms with Gasteiger partial charge in [-0.1, -0.05) is 42.5 Å². The predicted octanol–water partition coefficient (Wildman–Crippen LogP) is 4.05. The first-order valence-electron chi connectivity index (χ1n) is 10.7. The van der Waals surface area contributed by atoms with Crippen molar-refractivity contribution in [1.29, 1.82) is 0 Å². The average molecular weight is 479 g/mol. The summed E-state index contributed by atoms with van der Waals surface area (Å²) in [7, 11) is -3.38. The Bertz CT molecular complexity index is 1180. The van der Waals surface area contributed by atoms with Crippen LogP contribution < -0.4 is 0 Å². The Hall–Kier alpha value is -2.65. The number of rotatable bonds is 3. The summed E-state index contributed by atoms with van der Waals surface area (Å²) in [6.45, 7) is 1.49. The third kappa shape index (κ3) is 4.84. The molecule has 1 saturated heterocycles. The number of halogens is 3. The van der Waals surface area contributed by atoms with Gasteiger partial charge in [-0.25, -0.2) is 8.42 Å².